The van der Waals surface area contributed by atoms with Gasteiger partial charge in [-0.05, 0) is 43.2 Å². The molecule has 0 bridgehead atoms. The van der Waals surface area contributed by atoms with Crippen LogP contribution in [-0.4, -0.2) is 12.0 Å². The lowest BCUT2D eigenvalue weighted by atomic mass is 10.1. The molecule has 22 heavy (non-hydrogen) atoms. The molecule has 5 heteroatoms. The first-order chi connectivity index (χ1) is 10.5. The number of anilines is 1. The number of carbonyl (C=O) groups is 1. The lowest BCUT2D eigenvalue weighted by molar-refractivity contribution is -0.122. The van der Waals surface area contributed by atoms with Gasteiger partial charge in [0.05, 0.1) is 10.7 Å². The Morgan fingerprint density at radius 2 is 1.95 bits per heavy atom. The van der Waals surface area contributed by atoms with Gasteiger partial charge in [-0.3, -0.25) is 4.79 Å². The van der Waals surface area contributed by atoms with Crippen LogP contribution in [0.4, 0.5) is 5.69 Å². The molecule has 116 valence electrons. The molecule has 0 aliphatic carbocycles. The molecule has 0 heterocycles. The van der Waals surface area contributed by atoms with Crippen molar-refractivity contribution in [3.63, 3.8) is 0 Å². The van der Waals surface area contributed by atoms with Crippen LogP contribution in [0.3, 0.4) is 0 Å². The minimum Gasteiger partial charge on any atom is -0.481 e. The molecule has 1 N–H and O–H groups in total. The predicted octanol–water partition coefficient (Wildman–Crippen LogP) is 4.96. The molecule has 0 aliphatic rings. The number of aryl methyl sites for hydroxylation is 1. The Kier molecular flexibility index (Phi) is 5.69. The van der Waals surface area contributed by atoms with Gasteiger partial charge < -0.3 is 10.1 Å². The van der Waals surface area contributed by atoms with Crippen LogP contribution in [0, 0.1) is 0 Å². The lowest BCUT2D eigenvalue weighted by Gasteiger charge is -2.17. The van der Waals surface area contributed by atoms with E-state index in [1.165, 1.54) is 0 Å². The maximum absolute atomic E-state index is 12.2. The van der Waals surface area contributed by atoms with Crippen LogP contribution in [0.2, 0.25) is 10.0 Å². The molecule has 0 fully saturated rings. The molecule has 2 aromatic rings. The van der Waals surface area contributed by atoms with Gasteiger partial charge in [0.1, 0.15) is 5.75 Å². The van der Waals surface area contributed by atoms with Gasteiger partial charge in [0, 0.05) is 5.02 Å². The highest BCUT2D eigenvalue weighted by Crippen LogP contribution is 2.26. The molecule has 3 nitrogen and oxygen atoms in total. The van der Waals surface area contributed by atoms with E-state index in [1.807, 2.05) is 31.2 Å². The number of para-hydroxylation sites is 1. The smallest absolute Gasteiger partial charge is 0.265 e. The van der Waals surface area contributed by atoms with Crippen LogP contribution in [0.5, 0.6) is 5.75 Å². The average molecular weight is 338 g/mol. The van der Waals surface area contributed by atoms with E-state index in [1.54, 1.807) is 25.1 Å². The SMILES string of the molecule is CCc1ccccc1OC(C)C(=O)Nc1cc(Cl)ccc1Cl. The van der Waals surface area contributed by atoms with Gasteiger partial charge in [-0.25, -0.2) is 0 Å². The number of nitrogens with one attached hydrogen (secondary N) is 1. The van der Waals surface area contributed by atoms with E-state index in [0.29, 0.717) is 21.5 Å². The van der Waals surface area contributed by atoms with Crippen LogP contribution < -0.4 is 10.1 Å². The zero-order chi connectivity index (χ0) is 16.1. The maximum atomic E-state index is 12.2. The average Bonchev–Trinajstić information content (AvgIpc) is 2.51. The van der Waals surface area contributed by atoms with Crippen LogP contribution >= 0.6 is 23.2 Å². The second kappa shape index (κ2) is 7.52. The molecule has 1 amide bonds. The van der Waals surface area contributed by atoms with Crippen molar-refractivity contribution in [3.05, 3.63) is 58.1 Å². The second-order valence-electron chi connectivity index (χ2n) is 4.83. The normalized spacial score (nSPS) is 11.8. The zero-order valence-corrected chi connectivity index (χ0v) is 13.9. The summed E-state index contributed by atoms with van der Waals surface area (Å²) in [6, 6.07) is 12.6. The van der Waals surface area contributed by atoms with Gasteiger partial charge in [-0.15, -0.1) is 0 Å². The quantitative estimate of drug-likeness (QED) is 0.837. The molecule has 1 atom stereocenters. The number of hydrogen-bond donors (Lipinski definition) is 1. The molecule has 0 radical (unpaired) electrons. The summed E-state index contributed by atoms with van der Waals surface area (Å²) in [7, 11) is 0. The Morgan fingerprint density at radius 1 is 1.23 bits per heavy atom. The van der Waals surface area contributed by atoms with E-state index < -0.39 is 6.10 Å². The molecule has 0 aromatic heterocycles. The first kappa shape index (κ1) is 16.7. The van der Waals surface area contributed by atoms with Crippen molar-refractivity contribution in [1.29, 1.82) is 0 Å². The molecule has 0 saturated carbocycles. The Labute approximate surface area is 140 Å². The topological polar surface area (TPSA) is 38.3 Å². The first-order valence-corrected chi connectivity index (χ1v) is 7.77. The first-order valence-electron chi connectivity index (χ1n) is 7.01. The molecule has 0 aliphatic heterocycles. The number of ether oxygens (including phenoxy) is 1. The van der Waals surface area contributed by atoms with Crippen molar-refractivity contribution in [2.75, 3.05) is 5.32 Å². The summed E-state index contributed by atoms with van der Waals surface area (Å²) < 4.78 is 5.75. The van der Waals surface area contributed by atoms with E-state index in [0.717, 1.165) is 12.0 Å². The van der Waals surface area contributed by atoms with E-state index in [-0.39, 0.29) is 5.91 Å². The van der Waals surface area contributed by atoms with Crippen molar-refractivity contribution in [3.8, 4) is 5.75 Å². The van der Waals surface area contributed by atoms with Crippen molar-refractivity contribution < 1.29 is 9.53 Å². The van der Waals surface area contributed by atoms with Crippen LogP contribution in [0.1, 0.15) is 19.4 Å². The summed E-state index contributed by atoms with van der Waals surface area (Å²) in [5, 5.41) is 3.66. The molecular formula is C17H17Cl2NO2. The van der Waals surface area contributed by atoms with E-state index in [4.69, 9.17) is 27.9 Å². The fourth-order valence-electron chi connectivity index (χ4n) is 1.98. The van der Waals surface area contributed by atoms with Crippen molar-refractivity contribution in [2.45, 2.75) is 26.4 Å². The third-order valence-corrected chi connectivity index (χ3v) is 3.78. The van der Waals surface area contributed by atoms with Crippen molar-refractivity contribution in [1.82, 2.24) is 0 Å². The van der Waals surface area contributed by atoms with E-state index in [9.17, 15) is 4.79 Å². The molecule has 2 aromatic carbocycles. The highest BCUT2D eigenvalue weighted by atomic mass is 35.5. The number of amides is 1. The maximum Gasteiger partial charge on any atom is 0.265 e. The number of halogens is 2. The van der Waals surface area contributed by atoms with Crippen molar-refractivity contribution >= 4 is 34.8 Å². The third-order valence-electron chi connectivity index (χ3n) is 3.21. The van der Waals surface area contributed by atoms with Gasteiger partial charge in [0.15, 0.2) is 6.10 Å². The number of benzene rings is 2. The monoisotopic (exact) mass is 337 g/mol. The summed E-state index contributed by atoms with van der Waals surface area (Å²) in [4.78, 5) is 12.2. The van der Waals surface area contributed by atoms with Gasteiger partial charge >= 0.3 is 0 Å². The third kappa shape index (κ3) is 4.15. The Morgan fingerprint density at radius 3 is 2.68 bits per heavy atom. The fraction of sp³-hybridized carbons (Fsp3) is 0.235. The Balaban J connectivity index is 2.07. The highest BCUT2D eigenvalue weighted by molar-refractivity contribution is 6.35. The standard InChI is InChI=1S/C17H17Cl2NO2/c1-3-12-6-4-5-7-16(12)22-11(2)17(21)20-15-10-13(18)8-9-14(15)19/h4-11H,3H2,1-2H3,(H,20,21). The van der Waals surface area contributed by atoms with Crippen LogP contribution in [0.15, 0.2) is 42.5 Å². The Hall–Kier alpha value is -1.71. The van der Waals surface area contributed by atoms with Gasteiger partial charge in [-0.1, -0.05) is 48.3 Å². The number of carbonyl (C=O) groups excluding carboxylic acids is 1. The lowest BCUT2D eigenvalue weighted by Crippen LogP contribution is -2.30. The van der Waals surface area contributed by atoms with Crippen LogP contribution in [-0.2, 0) is 11.2 Å². The minimum absolute atomic E-state index is 0.282. The summed E-state index contributed by atoms with van der Waals surface area (Å²) in [6.45, 7) is 3.74. The highest BCUT2D eigenvalue weighted by Gasteiger charge is 2.17. The predicted molar refractivity (Wildman–Crippen MR) is 91.0 cm³/mol. The minimum atomic E-state index is -0.650. The van der Waals surface area contributed by atoms with E-state index in [2.05, 4.69) is 5.32 Å². The van der Waals surface area contributed by atoms with Crippen molar-refractivity contribution in [2.24, 2.45) is 0 Å². The summed E-state index contributed by atoms with van der Waals surface area (Å²) in [6.07, 6.45) is 0.188. The molecule has 2 rings (SSSR count). The zero-order valence-electron chi connectivity index (χ0n) is 12.4. The van der Waals surface area contributed by atoms with E-state index >= 15 is 0 Å². The number of hydrogen-bond acceptors (Lipinski definition) is 2. The number of rotatable bonds is 5. The fourth-order valence-corrected chi connectivity index (χ4v) is 2.32. The summed E-state index contributed by atoms with van der Waals surface area (Å²) in [5.74, 6) is 0.430. The molecule has 0 saturated heterocycles. The largest absolute Gasteiger partial charge is 0.481 e. The Bertz CT molecular complexity index is 673. The molecular weight excluding hydrogens is 321 g/mol. The summed E-state index contributed by atoms with van der Waals surface area (Å²) in [5.41, 5.74) is 1.53. The second-order valence-corrected chi connectivity index (χ2v) is 5.68. The molecule has 1 unspecified atom stereocenters. The van der Waals surface area contributed by atoms with Gasteiger partial charge in [0.2, 0.25) is 0 Å². The van der Waals surface area contributed by atoms with Gasteiger partial charge in [0.25, 0.3) is 5.91 Å². The van der Waals surface area contributed by atoms with Gasteiger partial charge in [-0.2, -0.15) is 0 Å². The van der Waals surface area contributed by atoms with Crippen LogP contribution in [0.25, 0.3) is 0 Å². The summed E-state index contributed by atoms with van der Waals surface area (Å²) >= 11 is 11.9. The molecule has 0 spiro atoms.